The van der Waals surface area contributed by atoms with Crippen molar-refractivity contribution in [3.05, 3.63) is 77.3 Å². The van der Waals surface area contributed by atoms with Gasteiger partial charge in [0.05, 0.1) is 16.4 Å². The molecule has 0 amide bonds. The maximum atomic E-state index is 13.4. The summed E-state index contributed by atoms with van der Waals surface area (Å²) in [6.07, 6.45) is 2.98. The lowest BCUT2D eigenvalue weighted by Gasteiger charge is -2.28. The van der Waals surface area contributed by atoms with Crippen molar-refractivity contribution in [3.63, 3.8) is 0 Å². The van der Waals surface area contributed by atoms with Crippen LogP contribution in [-0.4, -0.2) is 28.4 Å². The Morgan fingerprint density at radius 3 is 2.42 bits per heavy atom. The molecule has 2 fully saturated rings. The van der Waals surface area contributed by atoms with Crippen molar-refractivity contribution in [2.75, 3.05) is 13.1 Å². The van der Waals surface area contributed by atoms with Crippen LogP contribution in [-0.2, 0) is 11.3 Å². The van der Waals surface area contributed by atoms with Gasteiger partial charge in [-0.05, 0) is 55.1 Å². The molecule has 6 rings (SSSR count). The molecule has 1 saturated heterocycles. The Bertz CT molecular complexity index is 1320. The molecule has 1 aromatic heterocycles. The maximum absolute atomic E-state index is 13.4. The molecule has 3 aromatic carbocycles. The van der Waals surface area contributed by atoms with Gasteiger partial charge in [-0.15, -0.1) is 0 Å². The number of carbonyl (C=O) groups excluding carboxylic acids is 1. The lowest BCUT2D eigenvalue weighted by molar-refractivity contribution is -0.129. The van der Waals surface area contributed by atoms with E-state index in [-0.39, 0.29) is 11.3 Å². The number of benzene rings is 3. The van der Waals surface area contributed by atoms with Crippen molar-refractivity contribution in [1.82, 2.24) is 14.9 Å². The number of hydrogen-bond acceptors (Lipinski definition) is 3. The minimum atomic E-state index is -0.351. The van der Waals surface area contributed by atoms with Crippen LogP contribution in [0.25, 0.3) is 33.5 Å². The first kappa shape index (κ1) is 20.8. The van der Waals surface area contributed by atoms with Gasteiger partial charge in [-0.2, -0.15) is 0 Å². The van der Waals surface area contributed by atoms with Crippen molar-refractivity contribution in [3.8, 4) is 22.5 Å². The molecule has 0 bridgehead atoms. The number of nitrogens with zero attached hydrogens (tertiary/aromatic N) is 2. The second kappa shape index (κ2) is 8.23. The molecule has 1 atom stereocenters. The Kier molecular flexibility index (Phi) is 5.19. The van der Waals surface area contributed by atoms with Crippen molar-refractivity contribution in [1.29, 1.82) is 0 Å². The molecule has 166 valence electrons. The van der Waals surface area contributed by atoms with Gasteiger partial charge in [0.1, 0.15) is 11.6 Å². The molecule has 1 aliphatic carbocycles. The molecule has 0 radical (unpaired) electrons. The molecular weight excluding hydrogens is 474 g/mol. The van der Waals surface area contributed by atoms with E-state index < -0.39 is 0 Å². The lowest BCUT2D eigenvalue weighted by Crippen LogP contribution is -2.39. The smallest absolute Gasteiger partial charge is 0.145 e. The maximum Gasteiger partial charge on any atom is 0.145 e. The number of Topliss-reactive ketones (excluding diaryl/α,β-unsaturated/α-hetero) is 1. The fraction of sp³-hybridized carbons (Fsp3) is 0.286. The van der Waals surface area contributed by atoms with E-state index in [9.17, 15) is 4.79 Å². The summed E-state index contributed by atoms with van der Waals surface area (Å²) >= 11 is 3.64. The summed E-state index contributed by atoms with van der Waals surface area (Å²) in [7, 11) is 0. The van der Waals surface area contributed by atoms with Crippen LogP contribution in [0.3, 0.4) is 0 Å². The molecule has 0 unspecified atom stereocenters. The normalized spacial score (nSPS) is 20.4. The highest BCUT2D eigenvalue weighted by Crippen LogP contribution is 2.42. The van der Waals surface area contributed by atoms with Gasteiger partial charge in [0, 0.05) is 29.0 Å². The van der Waals surface area contributed by atoms with Crippen molar-refractivity contribution in [2.24, 2.45) is 11.3 Å². The molecule has 0 spiro atoms. The highest BCUT2D eigenvalue weighted by Gasteiger charge is 2.48. The van der Waals surface area contributed by atoms with E-state index in [1.54, 1.807) is 0 Å². The van der Waals surface area contributed by atoms with Crippen LogP contribution in [0, 0.1) is 11.3 Å². The van der Waals surface area contributed by atoms with Crippen LogP contribution >= 0.6 is 15.9 Å². The molecule has 33 heavy (non-hydrogen) atoms. The fourth-order valence-corrected chi connectivity index (χ4v) is 5.52. The summed E-state index contributed by atoms with van der Waals surface area (Å²) in [6, 6.07) is 25.2. The van der Waals surface area contributed by atoms with Gasteiger partial charge in [-0.1, -0.05) is 70.5 Å². The summed E-state index contributed by atoms with van der Waals surface area (Å²) in [6.45, 7) is 2.32. The van der Waals surface area contributed by atoms with E-state index in [1.807, 2.05) is 12.1 Å². The third-order valence-electron chi connectivity index (χ3n) is 7.14. The number of fused-ring (bicyclic) bond motifs is 1. The zero-order chi connectivity index (χ0) is 22.4. The van der Waals surface area contributed by atoms with E-state index in [0.717, 1.165) is 59.2 Å². The zero-order valence-corrected chi connectivity index (χ0v) is 20.0. The summed E-state index contributed by atoms with van der Waals surface area (Å²) in [5, 5.41) is 3.47. The second-order valence-corrected chi connectivity index (χ2v) is 10.4. The number of nitrogens with one attached hydrogen (secondary N) is 1. The summed E-state index contributed by atoms with van der Waals surface area (Å²) in [4.78, 5) is 18.5. The quantitative estimate of drug-likeness (QED) is 0.349. The molecule has 4 aromatic rings. The van der Waals surface area contributed by atoms with Gasteiger partial charge < -0.3 is 9.88 Å². The number of halogens is 1. The monoisotopic (exact) mass is 499 g/mol. The number of rotatable bonds is 6. The molecule has 1 aliphatic heterocycles. The Hall–Kier alpha value is -2.76. The standard InChI is InChI=1S/C28H26BrN3O/c29-23-12-13-24-25(16-23)32(18-28(14-15-30-17-28)26(33)21-8-9-21)27(31-24)22-10-6-20(7-11-22)19-4-2-1-3-5-19/h1-7,10-13,16,21,30H,8-9,14-15,17-18H2/t28-/m0/s1. The van der Waals surface area contributed by atoms with Crippen LogP contribution in [0.5, 0.6) is 0 Å². The first-order valence-electron chi connectivity index (χ1n) is 11.7. The average molecular weight is 500 g/mol. The molecule has 2 aliphatic rings. The Morgan fingerprint density at radius 1 is 1.00 bits per heavy atom. The first-order valence-corrected chi connectivity index (χ1v) is 12.5. The van der Waals surface area contributed by atoms with Gasteiger partial charge in [-0.3, -0.25) is 4.79 Å². The lowest BCUT2D eigenvalue weighted by atomic mass is 9.80. The van der Waals surface area contributed by atoms with Gasteiger partial charge in [0.15, 0.2) is 0 Å². The highest BCUT2D eigenvalue weighted by molar-refractivity contribution is 9.10. The van der Waals surface area contributed by atoms with Crippen LogP contribution in [0.15, 0.2) is 77.3 Å². The Morgan fingerprint density at radius 2 is 1.73 bits per heavy atom. The SMILES string of the molecule is O=C(C1CC1)[C@@]1(Cn2c(-c3ccc(-c4ccccc4)cc3)nc3ccc(Br)cc32)CCNC1. The number of imidazole rings is 1. The van der Waals surface area contributed by atoms with E-state index in [1.165, 1.54) is 11.1 Å². The second-order valence-electron chi connectivity index (χ2n) is 9.44. The molecule has 4 nitrogen and oxygen atoms in total. The van der Waals surface area contributed by atoms with E-state index in [4.69, 9.17) is 4.98 Å². The van der Waals surface area contributed by atoms with Gasteiger partial charge >= 0.3 is 0 Å². The zero-order valence-electron chi connectivity index (χ0n) is 18.4. The largest absolute Gasteiger partial charge is 0.323 e. The van der Waals surface area contributed by atoms with Crippen LogP contribution in [0.2, 0.25) is 0 Å². The summed E-state index contributed by atoms with van der Waals surface area (Å²) < 4.78 is 3.31. The minimum absolute atomic E-state index is 0.250. The average Bonchev–Trinajstić information content (AvgIpc) is 3.50. The van der Waals surface area contributed by atoms with Crippen molar-refractivity contribution >= 4 is 32.7 Å². The Labute approximate surface area is 202 Å². The number of hydrogen-bond donors (Lipinski definition) is 1. The van der Waals surface area contributed by atoms with E-state index >= 15 is 0 Å². The van der Waals surface area contributed by atoms with Crippen LogP contribution in [0.1, 0.15) is 19.3 Å². The van der Waals surface area contributed by atoms with Crippen molar-refractivity contribution < 1.29 is 4.79 Å². The molecule has 1 N–H and O–H groups in total. The predicted octanol–water partition coefficient (Wildman–Crippen LogP) is 6.09. The number of ketones is 1. The predicted molar refractivity (Wildman–Crippen MR) is 136 cm³/mol. The third kappa shape index (κ3) is 3.83. The first-order chi connectivity index (χ1) is 16.1. The summed E-state index contributed by atoms with van der Waals surface area (Å²) in [5.74, 6) is 1.62. The molecule has 1 saturated carbocycles. The van der Waals surface area contributed by atoms with Gasteiger partial charge in [0.2, 0.25) is 0 Å². The van der Waals surface area contributed by atoms with E-state index in [2.05, 4.69) is 86.5 Å². The minimum Gasteiger partial charge on any atom is -0.323 e. The third-order valence-corrected chi connectivity index (χ3v) is 7.63. The summed E-state index contributed by atoms with van der Waals surface area (Å²) in [5.41, 5.74) is 5.14. The Balaban J connectivity index is 1.45. The van der Waals surface area contributed by atoms with Gasteiger partial charge in [0.25, 0.3) is 0 Å². The van der Waals surface area contributed by atoms with Crippen molar-refractivity contribution in [2.45, 2.75) is 25.8 Å². The molecule has 5 heteroatoms. The van der Waals surface area contributed by atoms with Crippen LogP contribution in [0.4, 0.5) is 0 Å². The highest BCUT2D eigenvalue weighted by atomic mass is 79.9. The fourth-order valence-electron chi connectivity index (χ4n) is 5.17. The van der Waals surface area contributed by atoms with Gasteiger partial charge in [-0.25, -0.2) is 4.98 Å². The topological polar surface area (TPSA) is 46.9 Å². The number of carbonyl (C=O) groups is 1. The van der Waals surface area contributed by atoms with Crippen LogP contribution < -0.4 is 5.32 Å². The molecule has 2 heterocycles. The number of aromatic nitrogens is 2. The van der Waals surface area contributed by atoms with E-state index in [0.29, 0.717) is 12.3 Å². The molecular formula is C28H26BrN3O.